The molecule has 1 aliphatic rings. The zero-order chi connectivity index (χ0) is 52.1. The van der Waals surface area contributed by atoms with Gasteiger partial charge in [-0.05, 0) is 38.5 Å². The lowest BCUT2D eigenvalue weighted by atomic mass is 9.85. The molecule has 6 unspecified atom stereocenters. The Bertz CT molecular complexity index is 1290. The van der Waals surface area contributed by atoms with E-state index in [9.17, 15) is 44.6 Å². The second kappa shape index (κ2) is 47.1. The van der Waals surface area contributed by atoms with Crippen LogP contribution in [0.5, 0.6) is 0 Å². The lowest BCUT2D eigenvalue weighted by molar-refractivity contribution is -0.220. The van der Waals surface area contributed by atoms with E-state index in [-0.39, 0.29) is 12.8 Å². The first-order valence-corrected chi connectivity index (χ1v) is 31.0. The van der Waals surface area contributed by atoms with Gasteiger partial charge in [-0.1, -0.05) is 244 Å². The number of unbranched alkanes of at least 4 members (excludes halogenated alkanes) is 37. The Balaban J connectivity index is 2.31. The molecule has 14 heteroatoms. The van der Waals surface area contributed by atoms with Crippen molar-refractivity contribution < 1.29 is 63.1 Å². The molecule has 6 atom stereocenters. The summed E-state index contributed by atoms with van der Waals surface area (Å²) in [6, 6.07) is 0. The molecule has 0 aromatic carbocycles. The molecule has 1 aliphatic carbocycles. The minimum atomic E-state index is -5.12. The molecule has 0 bridgehead atoms. The quantitative estimate of drug-likeness (QED) is 0.0145. The Labute approximate surface area is 433 Å². The second-order valence-corrected chi connectivity index (χ2v) is 22.3. The van der Waals surface area contributed by atoms with Crippen LogP contribution in [0.3, 0.4) is 0 Å². The van der Waals surface area contributed by atoms with Crippen LogP contribution in [0.4, 0.5) is 0 Å². The van der Waals surface area contributed by atoms with Crippen LogP contribution in [-0.2, 0) is 32.7 Å². The molecule has 0 aromatic rings. The average Bonchev–Trinajstić information content (AvgIpc) is 3.35. The van der Waals surface area contributed by atoms with Crippen molar-refractivity contribution in [3.05, 3.63) is 12.2 Å². The van der Waals surface area contributed by atoms with Crippen LogP contribution in [0.1, 0.15) is 284 Å². The highest BCUT2D eigenvalue weighted by molar-refractivity contribution is 7.47. The van der Waals surface area contributed by atoms with Crippen LogP contribution in [0.15, 0.2) is 12.2 Å². The molecule has 1 rings (SSSR count). The summed E-state index contributed by atoms with van der Waals surface area (Å²) in [5.41, 5.74) is 0. The molecule has 71 heavy (non-hydrogen) atoms. The summed E-state index contributed by atoms with van der Waals surface area (Å²) in [6.07, 6.45) is 41.1. The van der Waals surface area contributed by atoms with E-state index in [0.717, 1.165) is 44.9 Å². The Morgan fingerprint density at radius 1 is 0.423 bits per heavy atom. The van der Waals surface area contributed by atoms with Gasteiger partial charge in [0.05, 0.1) is 6.61 Å². The van der Waals surface area contributed by atoms with E-state index >= 15 is 0 Å². The number of hydrogen-bond donors (Lipinski definition) is 6. The van der Waals surface area contributed by atoms with Gasteiger partial charge in [-0.3, -0.25) is 18.6 Å². The first kappa shape index (κ1) is 67.6. The Morgan fingerprint density at radius 3 is 1.07 bits per heavy atom. The monoisotopic (exact) mass is 1030 g/mol. The highest BCUT2D eigenvalue weighted by Crippen LogP contribution is 2.47. The first-order valence-electron chi connectivity index (χ1n) is 29.5. The molecule has 420 valence electrons. The maximum absolute atomic E-state index is 12.9. The number of ether oxygens (including phenoxy) is 2. The van der Waals surface area contributed by atoms with Crippen molar-refractivity contribution in [2.75, 3.05) is 13.2 Å². The zero-order valence-electron chi connectivity index (χ0n) is 45.3. The zero-order valence-corrected chi connectivity index (χ0v) is 46.2. The predicted octanol–water partition coefficient (Wildman–Crippen LogP) is 13.7. The fraction of sp³-hybridized carbons (Fsp3) is 0.930. The normalized spacial score (nSPS) is 20.6. The molecule has 0 heterocycles. The predicted molar refractivity (Wildman–Crippen MR) is 286 cm³/mol. The number of phosphoric ester groups is 1. The largest absolute Gasteiger partial charge is 0.472 e. The molecule has 0 radical (unpaired) electrons. The lowest BCUT2D eigenvalue weighted by Crippen LogP contribution is -2.64. The van der Waals surface area contributed by atoms with Crippen LogP contribution >= 0.6 is 7.82 Å². The third-order valence-corrected chi connectivity index (χ3v) is 15.1. The van der Waals surface area contributed by atoms with Crippen molar-refractivity contribution in [1.82, 2.24) is 0 Å². The molecule has 0 aromatic heterocycles. The summed E-state index contributed by atoms with van der Waals surface area (Å²) in [6.45, 7) is 3.37. The number of carbonyl (C=O) groups is 2. The molecule has 13 nitrogen and oxygen atoms in total. The summed E-state index contributed by atoms with van der Waals surface area (Å²) >= 11 is 0. The van der Waals surface area contributed by atoms with Crippen LogP contribution < -0.4 is 0 Å². The number of carbonyl (C=O) groups excluding carboxylic acids is 2. The van der Waals surface area contributed by atoms with Gasteiger partial charge in [0.2, 0.25) is 0 Å². The number of aliphatic hydroxyl groups is 5. The first-order chi connectivity index (χ1) is 34.4. The Kier molecular flexibility index (Phi) is 44.8. The smallest absolute Gasteiger partial charge is 0.462 e. The average molecular weight is 1030 g/mol. The summed E-state index contributed by atoms with van der Waals surface area (Å²) in [5, 5.41) is 50.4. The number of esters is 2. The molecule has 0 saturated heterocycles. The molecular formula is C57H109O13P. The minimum absolute atomic E-state index is 0.101. The van der Waals surface area contributed by atoms with Gasteiger partial charge in [-0.25, -0.2) is 4.57 Å². The van der Waals surface area contributed by atoms with Gasteiger partial charge in [0.15, 0.2) is 6.10 Å². The molecule has 0 spiro atoms. The number of aliphatic hydroxyl groups excluding tert-OH is 5. The van der Waals surface area contributed by atoms with E-state index in [1.165, 1.54) is 199 Å². The van der Waals surface area contributed by atoms with Crippen LogP contribution in [0, 0.1) is 0 Å². The molecule has 0 amide bonds. The minimum Gasteiger partial charge on any atom is -0.462 e. The van der Waals surface area contributed by atoms with E-state index in [2.05, 4.69) is 26.0 Å². The highest BCUT2D eigenvalue weighted by Gasteiger charge is 2.51. The van der Waals surface area contributed by atoms with Crippen molar-refractivity contribution in [3.63, 3.8) is 0 Å². The van der Waals surface area contributed by atoms with Crippen molar-refractivity contribution in [1.29, 1.82) is 0 Å². The van der Waals surface area contributed by atoms with Crippen molar-refractivity contribution in [3.8, 4) is 0 Å². The molecule has 1 fully saturated rings. The third-order valence-electron chi connectivity index (χ3n) is 14.1. The maximum atomic E-state index is 12.9. The van der Waals surface area contributed by atoms with Crippen molar-refractivity contribution >= 4 is 19.8 Å². The van der Waals surface area contributed by atoms with Gasteiger partial charge in [0, 0.05) is 12.8 Å². The van der Waals surface area contributed by atoms with E-state index in [0.29, 0.717) is 12.8 Å². The standard InChI is InChI=1S/C57H109O13P/c1-3-5-7-9-11-13-15-17-19-21-23-24-25-26-28-30-32-34-36-38-40-42-44-46-51(59)69-49(48-68-71(65,66)70-57-55(63)53(61)52(60)54(62)56(57)64)47-67-50(58)45-43-41-39-37-35-33-31-29-27-22-20-18-16-14-12-10-8-6-4-2/h21,23,49,52-57,60-64H,3-20,22,24-48H2,1-2H3,(H,65,66)/b23-21-. The summed E-state index contributed by atoms with van der Waals surface area (Å²) in [7, 11) is -5.12. The van der Waals surface area contributed by atoms with Gasteiger partial charge in [-0.2, -0.15) is 0 Å². The fourth-order valence-electron chi connectivity index (χ4n) is 9.40. The number of rotatable bonds is 51. The van der Waals surface area contributed by atoms with Gasteiger partial charge in [-0.15, -0.1) is 0 Å². The Morgan fingerprint density at radius 2 is 0.718 bits per heavy atom. The van der Waals surface area contributed by atoms with Gasteiger partial charge in [0.1, 0.15) is 43.2 Å². The molecule has 0 aliphatic heterocycles. The van der Waals surface area contributed by atoms with Gasteiger partial charge in [0.25, 0.3) is 0 Å². The summed E-state index contributed by atoms with van der Waals surface area (Å²) in [4.78, 5) is 36.0. The SMILES string of the molecule is CCCCCCCCCC/C=C\CCCCCCCCCCCCCC(=O)OC(COC(=O)CCCCCCCCCCCCCCCCCCCCC)COP(=O)(O)OC1C(O)C(O)C(O)C(O)C1O. The number of allylic oxidation sites excluding steroid dienone is 2. The second-order valence-electron chi connectivity index (χ2n) is 20.9. The lowest BCUT2D eigenvalue weighted by Gasteiger charge is -2.41. The van der Waals surface area contributed by atoms with E-state index in [1.807, 2.05) is 0 Å². The summed E-state index contributed by atoms with van der Waals surface area (Å²) in [5.74, 6) is -1.08. The Hall–Kier alpha value is -1.41. The van der Waals surface area contributed by atoms with Gasteiger partial charge >= 0.3 is 19.8 Å². The highest BCUT2D eigenvalue weighted by atomic mass is 31.2. The van der Waals surface area contributed by atoms with E-state index in [4.69, 9.17) is 18.5 Å². The van der Waals surface area contributed by atoms with Crippen LogP contribution in [0.2, 0.25) is 0 Å². The molecule has 6 N–H and O–H groups in total. The molecular weight excluding hydrogens is 924 g/mol. The van der Waals surface area contributed by atoms with Crippen molar-refractivity contribution in [2.45, 2.75) is 326 Å². The van der Waals surface area contributed by atoms with E-state index in [1.54, 1.807) is 0 Å². The van der Waals surface area contributed by atoms with Crippen molar-refractivity contribution in [2.24, 2.45) is 0 Å². The third kappa shape index (κ3) is 38.8. The number of hydrogen-bond acceptors (Lipinski definition) is 12. The maximum Gasteiger partial charge on any atom is 0.472 e. The van der Waals surface area contributed by atoms with Crippen LogP contribution in [-0.4, -0.2) is 98.3 Å². The topological polar surface area (TPSA) is 210 Å². The van der Waals surface area contributed by atoms with Gasteiger partial charge < -0.3 is 39.9 Å². The fourth-order valence-corrected chi connectivity index (χ4v) is 10.4. The number of phosphoric acid groups is 1. The van der Waals surface area contributed by atoms with E-state index < -0.39 is 75.7 Å². The molecule has 1 saturated carbocycles. The summed E-state index contributed by atoms with van der Waals surface area (Å²) < 4.78 is 33.8. The van der Waals surface area contributed by atoms with Crippen LogP contribution in [0.25, 0.3) is 0 Å².